The van der Waals surface area contributed by atoms with Crippen molar-refractivity contribution in [3.8, 4) is 0 Å². The van der Waals surface area contributed by atoms with Gasteiger partial charge in [-0.1, -0.05) is 12.2 Å². The maximum atomic E-state index is 5.46. The molecule has 1 unspecified atom stereocenters. The van der Waals surface area contributed by atoms with Gasteiger partial charge in [-0.05, 0) is 32.2 Å². The lowest BCUT2D eigenvalue weighted by Crippen LogP contribution is -2.31. The zero-order valence-electron chi connectivity index (χ0n) is 7.20. The summed E-state index contributed by atoms with van der Waals surface area (Å²) in [5.74, 6) is 0. The van der Waals surface area contributed by atoms with E-state index in [0.717, 1.165) is 30.3 Å². The Kier molecular flexibility index (Phi) is 4.32. The Labute approximate surface area is 84.9 Å². The molecule has 0 amide bonds. The Bertz CT molecular complexity index is 161. The standard InChI is InChI=1S/C8H16N2S2/c9-5-1-3-7-4-2-6-10(7)8(11)12/h7H,1-6,9H2,(H,11,12). The molecule has 0 aliphatic carbocycles. The largest absolute Gasteiger partial charge is 0.355 e. The lowest BCUT2D eigenvalue weighted by atomic mass is 10.1. The molecule has 2 N–H and O–H groups in total. The van der Waals surface area contributed by atoms with Gasteiger partial charge in [-0.25, -0.2) is 0 Å². The fourth-order valence-corrected chi connectivity index (χ4v) is 2.24. The van der Waals surface area contributed by atoms with Gasteiger partial charge in [0.05, 0.1) is 0 Å². The fourth-order valence-electron chi connectivity index (χ4n) is 1.74. The third kappa shape index (κ3) is 2.61. The van der Waals surface area contributed by atoms with E-state index in [1.54, 1.807) is 0 Å². The molecule has 1 atom stereocenters. The molecule has 0 aromatic carbocycles. The molecular formula is C8H16N2S2. The van der Waals surface area contributed by atoms with Crippen LogP contribution in [0.5, 0.6) is 0 Å². The molecule has 4 heteroatoms. The predicted molar refractivity (Wildman–Crippen MR) is 59.6 cm³/mol. The van der Waals surface area contributed by atoms with Gasteiger partial charge in [0.1, 0.15) is 4.32 Å². The highest BCUT2D eigenvalue weighted by molar-refractivity contribution is 8.10. The third-order valence-corrected chi connectivity index (χ3v) is 2.86. The van der Waals surface area contributed by atoms with Crippen molar-refractivity contribution in [2.75, 3.05) is 13.1 Å². The van der Waals surface area contributed by atoms with E-state index in [9.17, 15) is 0 Å². The summed E-state index contributed by atoms with van der Waals surface area (Å²) in [5, 5.41) is 0. The molecule has 1 saturated heterocycles. The first-order valence-corrected chi connectivity index (χ1v) is 5.31. The van der Waals surface area contributed by atoms with Gasteiger partial charge in [0.25, 0.3) is 0 Å². The number of nitrogens with two attached hydrogens (primary N) is 1. The van der Waals surface area contributed by atoms with Crippen LogP contribution in [-0.4, -0.2) is 28.4 Å². The molecule has 0 spiro atoms. The van der Waals surface area contributed by atoms with Crippen molar-refractivity contribution >= 4 is 29.2 Å². The number of hydrogen-bond acceptors (Lipinski definition) is 2. The maximum Gasteiger partial charge on any atom is 0.133 e. The van der Waals surface area contributed by atoms with Gasteiger partial charge in [0.2, 0.25) is 0 Å². The third-order valence-electron chi connectivity index (χ3n) is 2.36. The molecule has 1 rings (SSSR count). The fraction of sp³-hybridized carbons (Fsp3) is 0.875. The van der Waals surface area contributed by atoms with Crippen molar-refractivity contribution in [2.45, 2.75) is 31.7 Å². The minimum Gasteiger partial charge on any atom is -0.355 e. The molecule has 0 aromatic rings. The van der Waals surface area contributed by atoms with Crippen LogP contribution >= 0.6 is 24.8 Å². The van der Waals surface area contributed by atoms with Crippen LogP contribution < -0.4 is 5.73 Å². The van der Waals surface area contributed by atoms with Gasteiger partial charge in [-0.15, -0.1) is 12.6 Å². The lowest BCUT2D eigenvalue weighted by Gasteiger charge is -2.24. The lowest BCUT2D eigenvalue weighted by molar-refractivity contribution is 0.374. The molecule has 0 bridgehead atoms. The summed E-state index contributed by atoms with van der Waals surface area (Å²) in [7, 11) is 0. The molecule has 2 nitrogen and oxygen atoms in total. The van der Waals surface area contributed by atoms with Gasteiger partial charge in [-0.3, -0.25) is 0 Å². The smallest absolute Gasteiger partial charge is 0.133 e. The van der Waals surface area contributed by atoms with Crippen LogP contribution in [0.3, 0.4) is 0 Å². The van der Waals surface area contributed by atoms with E-state index in [2.05, 4.69) is 17.5 Å². The summed E-state index contributed by atoms with van der Waals surface area (Å²) in [5.41, 5.74) is 5.46. The Morgan fingerprint density at radius 2 is 2.42 bits per heavy atom. The molecule has 12 heavy (non-hydrogen) atoms. The monoisotopic (exact) mass is 204 g/mol. The van der Waals surface area contributed by atoms with Crippen LogP contribution in [0.15, 0.2) is 0 Å². The summed E-state index contributed by atoms with van der Waals surface area (Å²) in [6.45, 7) is 1.86. The molecule has 70 valence electrons. The van der Waals surface area contributed by atoms with E-state index in [1.807, 2.05) is 0 Å². The number of likely N-dealkylation sites (tertiary alicyclic amines) is 1. The number of rotatable bonds is 3. The highest BCUT2D eigenvalue weighted by atomic mass is 32.1. The van der Waals surface area contributed by atoms with Crippen LogP contribution in [0.25, 0.3) is 0 Å². The minimum absolute atomic E-state index is 0.610. The van der Waals surface area contributed by atoms with E-state index in [-0.39, 0.29) is 0 Å². The number of thiocarbonyl (C=S) groups is 1. The predicted octanol–water partition coefficient (Wildman–Crippen LogP) is 1.40. The van der Waals surface area contributed by atoms with Gasteiger partial charge in [0, 0.05) is 12.6 Å². The average molecular weight is 204 g/mol. The molecule has 1 aliphatic rings. The zero-order chi connectivity index (χ0) is 8.97. The van der Waals surface area contributed by atoms with E-state index in [0.29, 0.717) is 6.04 Å². The van der Waals surface area contributed by atoms with Crippen LogP contribution in [0.2, 0.25) is 0 Å². The highest BCUT2D eigenvalue weighted by Gasteiger charge is 2.23. The SMILES string of the molecule is NCCCC1CCCN1C(=S)S. The van der Waals surface area contributed by atoms with Crippen molar-refractivity contribution in [3.63, 3.8) is 0 Å². The van der Waals surface area contributed by atoms with E-state index >= 15 is 0 Å². The Morgan fingerprint density at radius 1 is 1.67 bits per heavy atom. The summed E-state index contributed by atoms with van der Waals surface area (Å²) < 4.78 is 0.745. The molecular weight excluding hydrogens is 188 g/mol. The molecule has 0 aromatic heterocycles. The number of thiol groups is 1. The van der Waals surface area contributed by atoms with Gasteiger partial charge < -0.3 is 10.6 Å². The van der Waals surface area contributed by atoms with Gasteiger partial charge in [-0.2, -0.15) is 0 Å². The van der Waals surface area contributed by atoms with E-state index in [4.69, 9.17) is 18.0 Å². The van der Waals surface area contributed by atoms with Crippen LogP contribution in [-0.2, 0) is 0 Å². The highest BCUT2D eigenvalue weighted by Crippen LogP contribution is 2.22. The molecule has 1 heterocycles. The maximum absolute atomic E-state index is 5.46. The topological polar surface area (TPSA) is 29.3 Å². The van der Waals surface area contributed by atoms with E-state index in [1.165, 1.54) is 12.8 Å². The Hall–Kier alpha value is 0.200. The molecule has 0 saturated carbocycles. The van der Waals surface area contributed by atoms with E-state index < -0.39 is 0 Å². The molecule has 1 aliphatic heterocycles. The summed E-state index contributed by atoms with van der Waals surface area (Å²) >= 11 is 9.24. The molecule has 1 fully saturated rings. The Balaban J connectivity index is 2.35. The van der Waals surface area contributed by atoms with Crippen molar-refractivity contribution in [3.05, 3.63) is 0 Å². The Morgan fingerprint density at radius 3 is 3.00 bits per heavy atom. The second-order valence-corrected chi connectivity index (χ2v) is 4.32. The number of nitrogens with zero attached hydrogens (tertiary/aromatic N) is 1. The summed E-state index contributed by atoms with van der Waals surface area (Å²) in [6, 6.07) is 0.610. The first kappa shape index (κ1) is 10.3. The normalized spacial score (nSPS) is 23.2. The molecule has 0 radical (unpaired) electrons. The van der Waals surface area contributed by atoms with Gasteiger partial charge >= 0.3 is 0 Å². The first-order valence-electron chi connectivity index (χ1n) is 4.45. The average Bonchev–Trinajstić information content (AvgIpc) is 2.48. The van der Waals surface area contributed by atoms with Crippen LogP contribution in [0.4, 0.5) is 0 Å². The van der Waals surface area contributed by atoms with Crippen molar-refractivity contribution in [1.82, 2.24) is 4.90 Å². The minimum atomic E-state index is 0.610. The van der Waals surface area contributed by atoms with Crippen molar-refractivity contribution in [2.24, 2.45) is 5.73 Å². The summed E-state index contributed by atoms with van der Waals surface area (Å²) in [6.07, 6.45) is 4.76. The second-order valence-electron chi connectivity index (χ2n) is 3.20. The van der Waals surface area contributed by atoms with Crippen LogP contribution in [0.1, 0.15) is 25.7 Å². The zero-order valence-corrected chi connectivity index (χ0v) is 8.91. The van der Waals surface area contributed by atoms with Crippen molar-refractivity contribution < 1.29 is 0 Å². The first-order chi connectivity index (χ1) is 5.75. The quantitative estimate of drug-likeness (QED) is 0.538. The summed E-state index contributed by atoms with van der Waals surface area (Å²) in [4.78, 5) is 2.22. The number of hydrogen-bond donors (Lipinski definition) is 2. The van der Waals surface area contributed by atoms with Gasteiger partial charge in [0.15, 0.2) is 0 Å². The second kappa shape index (κ2) is 5.04. The van der Waals surface area contributed by atoms with Crippen molar-refractivity contribution in [1.29, 1.82) is 0 Å². The van der Waals surface area contributed by atoms with Crippen LogP contribution in [0, 0.1) is 0 Å².